The average molecular weight is 324 g/mol. The summed E-state index contributed by atoms with van der Waals surface area (Å²) in [5.74, 6) is -0.700. The molecule has 0 unspecified atom stereocenters. The lowest BCUT2D eigenvalue weighted by Gasteiger charge is -2.23. The number of nitrogens with one attached hydrogen (secondary N) is 1. The zero-order chi connectivity index (χ0) is 15.7. The van der Waals surface area contributed by atoms with Gasteiger partial charge in [0.15, 0.2) is 0 Å². The molecule has 2 N–H and O–H groups in total. The van der Waals surface area contributed by atoms with Crippen LogP contribution in [-0.2, 0) is 11.3 Å². The number of nitrogens with zero attached hydrogens (tertiary/aromatic N) is 2. The highest BCUT2D eigenvalue weighted by Crippen LogP contribution is 2.48. The van der Waals surface area contributed by atoms with E-state index in [1.165, 1.54) is 6.20 Å². The Morgan fingerprint density at radius 3 is 2.95 bits per heavy atom. The number of fused-ring (bicyclic) bond motifs is 1. The van der Waals surface area contributed by atoms with Gasteiger partial charge in [-0.3, -0.25) is 9.78 Å². The molecular formula is C15H18ClN3O3. The molecule has 0 bridgehead atoms. The number of rotatable bonds is 3. The van der Waals surface area contributed by atoms with Gasteiger partial charge in [-0.1, -0.05) is 18.0 Å². The van der Waals surface area contributed by atoms with Gasteiger partial charge in [-0.15, -0.1) is 0 Å². The molecule has 0 radical (unpaired) electrons. The molecule has 1 aromatic rings. The summed E-state index contributed by atoms with van der Waals surface area (Å²) in [6, 6.07) is 3.24. The highest BCUT2D eigenvalue weighted by molar-refractivity contribution is 6.30. The highest BCUT2D eigenvalue weighted by Gasteiger charge is 2.55. The molecule has 2 heterocycles. The molecule has 7 heteroatoms. The van der Waals surface area contributed by atoms with E-state index in [0.717, 1.165) is 12.8 Å². The number of carbonyl (C=O) groups excluding carboxylic acids is 1. The van der Waals surface area contributed by atoms with Gasteiger partial charge >= 0.3 is 12.0 Å². The van der Waals surface area contributed by atoms with E-state index in [9.17, 15) is 14.7 Å². The fraction of sp³-hybridized carbons (Fsp3) is 0.533. The number of carboxylic acids is 1. The minimum absolute atomic E-state index is 0.0735. The van der Waals surface area contributed by atoms with E-state index in [1.807, 2.05) is 0 Å². The van der Waals surface area contributed by atoms with Gasteiger partial charge < -0.3 is 15.3 Å². The maximum absolute atomic E-state index is 12.2. The molecule has 1 saturated heterocycles. The average Bonchev–Trinajstić information content (AvgIpc) is 3.04. The third-order valence-electron chi connectivity index (χ3n) is 4.79. The molecule has 0 aromatic carbocycles. The maximum Gasteiger partial charge on any atom is 0.317 e. The van der Waals surface area contributed by atoms with E-state index in [-0.39, 0.29) is 11.9 Å². The van der Waals surface area contributed by atoms with Crippen LogP contribution in [-0.4, -0.2) is 40.1 Å². The molecule has 1 saturated carbocycles. The Bertz CT molecular complexity index is 592. The number of aromatic nitrogens is 1. The van der Waals surface area contributed by atoms with Gasteiger partial charge in [0, 0.05) is 19.3 Å². The Morgan fingerprint density at radius 2 is 2.32 bits per heavy atom. The van der Waals surface area contributed by atoms with Crippen LogP contribution >= 0.6 is 11.6 Å². The quantitative estimate of drug-likeness (QED) is 0.892. The van der Waals surface area contributed by atoms with Gasteiger partial charge in [-0.25, -0.2) is 4.79 Å². The van der Waals surface area contributed by atoms with Crippen molar-refractivity contribution in [1.82, 2.24) is 15.2 Å². The zero-order valence-electron chi connectivity index (χ0n) is 12.1. The van der Waals surface area contributed by atoms with E-state index >= 15 is 0 Å². The van der Waals surface area contributed by atoms with Crippen molar-refractivity contribution in [3.63, 3.8) is 0 Å². The molecule has 1 aliphatic carbocycles. The molecule has 2 atom stereocenters. The number of aliphatic carboxylic acids is 1. The molecule has 3 rings (SSSR count). The Labute approximate surface area is 133 Å². The van der Waals surface area contributed by atoms with Crippen molar-refractivity contribution in [2.24, 2.45) is 11.3 Å². The molecule has 2 fully saturated rings. The zero-order valence-corrected chi connectivity index (χ0v) is 12.8. The molecule has 6 nitrogen and oxygen atoms in total. The maximum atomic E-state index is 12.2. The second kappa shape index (κ2) is 5.76. The van der Waals surface area contributed by atoms with Gasteiger partial charge in [-0.2, -0.15) is 0 Å². The Hall–Kier alpha value is -1.82. The van der Waals surface area contributed by atoms with Crippen molar-refractivity contribution in [2.75, 3.05) is 13.1 Å². The highest BCUT2D eigenvalue weighted by atomic mass is 35.5. The molecular weight excluding hydrogens is 306 g/mol. The summed E-state index contributed by atoms with van der Waals surface area (Å²) in [5, 5.41) is 12.9. The van der Waals surface area contributed by atoms with Crippen molar-refractivity contribution >= 4 is 23.6 Å². The summed E-state index contributed by atoms with van der Waals surface area (Å²) < 4.78 is 0. The molecule has 118 valence electrons. The minimum atomic E-state index is -0.773. The number of halogens is 1. The summed E-state index contributed by atoms with van der Waals surface area (Å²) in [6.07, 6.45) is 4.01. The minimum Gasteiger partial charge on any atom is -0.481 e. The number of likely N-dealkylation sites (tertiary alicyclic amines) is 1. The number of carbonyl (C=O) groups is 2. The van der Waals surface area contributed by atoms with E-state index in [2.05, 4.69) is 10.3 Å². The first kappa shape index (κ1) is 15.1. The van der Waals surface area contributed by atoms with Crippen LogP contribution in [0.1, 0.15) is 25.0 Å². The van der Waals surface area contributed by atoms with Crippen LogP contribution in [0.3, 0.4) is 0 Å². The summed E-state index contributed by atoms with van der Waals surface area (Å²) in [4.78, 5) is 29.6. The topological polar surface area (TPSA) is 82.5 Å². The third-order valence-corrected chi connectivity index (χ3v) is 5.02. The van der Waals surface area contributed by atoms with Crippen molar-refractivity contribution in [3.8, 4) is 0 Å². The Kier molecular flexibility index (Phi) is 3.95. The molecule has 22 heavy (non-hydrogen) atoms. The van der Waals surface area contributed by atoms with Crippen LogP contribution in [0.25, 0.3) is 0 Å². The number of carboxylic acid groups (broad SMARTS) is 1. The Morgan fingerprint density at radius 1 is 1.50 bits per heavy atom. The molecule has 2 aliphatic rings. The number of hydrogen-bond donors (Lipinski definition) is 2. The molecule has 1 aromatic heterocycles. The number of pyridine rings is 1. The second-order valence-corrected chi connectivity index (χ2v) is 6.49. The lowest BCUT2D eigenvalue weighted by Crippen LogP contribution is -2.41. The van der Waals surface area contributed by atoms with Crippen LogP contribution in [0.2, 0.25) is 5.02 Å². The fourth-order valence-electron chi connectivity index (χ4n) is 3.58. The van der Waals surface area contributed by atoms with Gasteiger partial charge in [0.2, 0.25) is 0 Å². The Balaban J connectivity index is 1.60. The third kappa shape index (κ3) is 2.63. The first-order valence-electron chi connectivity index (χ1n) is 7.38. The van der Waals surface area contributed by atoms with E-state index < -0.39 is 11.4 Å². The summed E-state index contributed by atoms with van der Waals surface area (Å²) in [6.45, 7) is 1.12. The van der Waals surface area contributed by atoms with Crippen LogP contribution in [0.4, 0.5) is 4.79 Å². The second-order valence-electron chi connectivity index (χ2n) is 6.06. The summed E-state index contributed by atoms with van der Waals surface area (Å²) >= 11 is 5.76. The standard InChI is InChI=1S/C15H18ClN3O3/c16-11-3-4-12(17-6-11)7-18-14(22)19-8-10-2-1-5-15(10,9-19)13(20)21/h3-4,6,10H,1-2,5,7-9H2,(H,18,22)(H,20,21)/t10-,15+/m0/s1. The molecule has 2 amide bonds. The van der Waals surface area contributed by atoms with Crippen LogP contribution in [0.5, 0.6) is 0 Å². The molecule has 0 spiro atoms. The van der Waals surface area contributed by atoms with E-state index in [1.54, 1.807) is 17.0 Å². The van der Waals surface area contributed by atoms with Crippen LogP contribution in [0, 0.1) is 11.3 Å². The number of hydrogen-bond acceptors (Lipinski definition) is 3. The van der Waals surface area contributed by atoms with Crippen molar-refractivity contribution in [2.45, 2.75) is 25.8 Å². The number of amides is 2. The van der Waals surface area contributed by atoms with Gasteiger partial charge in [0.1, 0.15) is 0 Å². The largest absolute Gasteiger partial charge is 0.481 e. The normalized spacial score (nSPS) is 26.8. The first-order valence-corrected chi connectivity index (χ1v) is 7.76. The van der Waals surface area contributed by atoms with E-state index in [4.69, 9.17) is 11.6 Å². The van der Waals surface area contributed by atoms with Gasteiger partial charge in [0.25, 0.3) is 0 Å². The summed E-state index contributed by atoms with van der Waals surface area (Å²) in [5.41, 5.74) is -0.0272. The van der Waals surface area contributed by atoms with Crippen LogP contribution < -0.4 is 5.32 Å². The van der Waals surface area contributed by atoms with Gasteiger partial charge in [-0.05, 0) is 30.9 Å². The molecule has 1 aliphatic heterocycles. The van der Waals surface area contributed by atoms with Crippen molar-refractivity contribution in [1.29, 1.82) is 0 Å². The monoisotopic (exact) mass is 323 g/mol. The predicted octanol–water partition coefficient (Wildman–Crippen LogP) is 2.13. The van der Waals surface area contributed by atoms with Crippen molar-refractivity contribution in [3.05, 3.63) is 29.0 Å². The van der Waals surface area contributed by atoms with Crippen LogP contribution in [0.15, 0.2) is 18.3 Å². The summed E-state index contributed by atoms with van der Waals surface area (Å²) in [7, 11) is 0. The lowest BCUT2D eigenvalue weighted by atomic mass is 9.81. The predicted molar refractivity (Wildman–Crippen MR) is 80.5 cm³/mol. The number of urea groups is 1. The SMILES string of the molecule is O=C(NCc1ccc(Cl)cn1)N1C[C@@H]2CCC[C@@]2(C(=O)O)C1. The first-order chi connectivity index (χ1) is 10.5. The lowest BCUT2D eigenvalue weighted by molar-refractivity contribution is -0.149. The van der Waals surface area contributed by atoms with E-state index in [0.29, 0.717) is 36.8 Å². The van der Waals surface area contributed by atoms with Gasteiger partial charge in [0.05, 0.1) is 22.7 Å². The fourth-order valence-corrected chi connectivity index (χ4v) is 3.69. The smallest absolute Gasteiger partial charge is 0.317 e. The van der Waals surface area contributed by atoms with Crippen molar-refractivity contribution < 1.29 is 14.7 Å².